The quantitative estimate of drug-likeness (QED) is 0.882. The second-order valence-corrected chi connectivity index (χ2v) is 5.49. The van der Waals surface area contributed by atoms with E-state index >= 15 is 0 Å². The van der Waals surface area contributed by atoms with Crippen molar-refractivity contribution < 1.29 is 14.3 Å². The van der Waals surface area contributed by atoms with Gasteiger partial charge in [0, 0.05) is 19.3 Å². The zero-order valence-electron chi connectivity index (χ0n) is 12.5. The van der Waals surface area contributed by atoms with Crippen molar-refractivity contribution in [3.05, 3.63) is 51.8 Å². The number of aromatic nitrogens is 1. The molecule has 0 radical (unpaired) electrons. The van der Waals surface area contributed by atoms with Gasteiger partial charge in [-0.15, -0.1) is 0 Å². The molecule has 1 aromatic carbocycles. The molecule has 0 aliphatic heterocycles. The Bertz CT molecular complexity index is 726. The summed E-state index contributed by atoms with van der Waals surface area (Å²) < 4.78 is 6.02. The lowest BCUT2D eigenvalue weighted by Crippen LogP contribution is -2.24. The maximum absolute atomic E-state index is 12.1. The molecule has 6 nitrogen and oxygen atoms in total. The first-order valence-corrected chi connectivity index (χ1v) is 7.40. The summed E-state index contributed by atoms with van der Waals surface area (Å²) in [5, 5.41) is 5.97. The van der Waals surface area contributed by atoms with Crippen molar-refractivity contribution in [2.45, 2.75) is 6.54 Å². The number of ether oxygens (including phenoxy) is 1. The van der Waals surface area contributed by atoms with Crippen LogP contribution in [0.15, 0.2) is 30.3 Å². The van der Waals surface area contributed by atoms with Gasteiger partial charge in [-0.3, -0.25) is 10.1 Å². The molecular weight excluding hydrogens is 341 g/mol. The number of anilines is 1. The van der Waals surface area contributed by atoms with E-state index in [1.54, 1.807) is 31.3 Å². The van der Waals surface area contributed by atoms with Crippen molar-refractivity contribution in [2.24, 2.45) is 7.05 Å². The first kappa shape index (κ1) is 17.2. The molecule has 122 valence electrons. The number of nitrogens with one attached hydrogen (secondary N) is 2. The predicted molar refractivity (Wildman–Crippen MR) is 89.1 cm³/mol. The molecule has 2 rings (SSSR count). The Morgan fingerprint density at radius 2 is 1.87 bits per heavy atom. The molecule has 2 aromatic rings. The van der Waals surface area contributed by atoms with Crippen molar-refractivity contribution in [2.75, 3.05) is 12.4 Å². The van der Waals surface area contributed by atoms with Crippen LogP contribution in [-0.4, -0.2) is 23.7 Å². The third kappa shape index (κ3) is 4.18. The average Bonchev–Trinajstić information content (AvgIpc) is 2.81. The van der Waals surface area contributed by atoms with Gasteiger partial charge in [0.1, 0.15) is 10.8 Å². The summed E-state index contributed by atoms with van der Waals surface area (Å²) in [5.41, 5.74) is 1.86. The Hall–Kier alpha value is -2.18. The number of benzene rings is 1. The molecule has 1 heterocycles. The van der Waals surface area contributed by atoms with E-state index in [4.69, 9.17) is 23.2 Å². The van der Waals surface area contributed by atoms with E-state index in [1.165, 1.54) is 17.7 Å². The van der Waals surface area contributed by atoms with Crippen LogP contribution < -0.4 is 10.6 Å². The minimum absolute atomic E-state index is 0.280. The van der Waals surface area contributed by atoms with E-state index in [9.17, 15) is 9.59 Å². The second kappa shape index (κ2) is 7.39. The van der Waals surface area contributed by atoms with Gasteiger partial charge in [0.15, 0.2) is 0 Å². The summed E-state index contributed by atoms with van der Waals surface area (Å²) >= 11 is 11.8. The van der Waals surface area contributed by atoms with Crippen molar-refractivity contribution in [3.8, 4) is 0 Å². The maximum atomic E-state index is 12.1. The topological polar surface area (TPSA) is 72.4 Å². The van der Waals surface area contributed by atoms with Crippen LogP contribution >= 0.6 is 23.2 Å². The second-order valence-electron chi connectivity index (χ2n) is 4.72. The Balaban J connectivity index is 1.96. The largest absolute Gasteiger partial charge is 0.453 e. The summed E-state index contributed by atoms with van der Waals surface area (Å²) in [4.78, 5) is 23.2. The first-order chi connectivity index (χ1) is 10.9. The van der Waals surface area contributed by atoms with Gasteiger partial charge in [0.05, 0.1) is 12.1 Å². The van der Waals surface area contributed by atoms with Crippen LogP contribution in [0.5, 0.6) is 0 Å². The number of nitrogens with zero attached hydrogens (tertiary/aromatic N) is 1. The molecule has 0 fully saturated rings. The van der Waals surface area contributed by atoms with Crippen molar-refractivity contribution in [1.29, 1.82) is 0 Å². The molecular formula is C15H15Cl2N3O3. The molecule has 0 atom stereocenters. The fourth-order valence-electron chi connectivity index (χ4n) is 1.91. The SMILES string of the molecule is COC(=O)Nc1ccc(CNC(=O)c2cc(Cl)c(Cl)n2C)cc1. The number of amides is 2. The Labute approximate surface area is 143 Å². The molecule has 1 aromatic heterocycles. The number of carbonyl (C=O) groups is 2. The van der Waals surface area contributed by atoms with Gasteiger partial charge in [0.2, 0.25) is 0 Å². The van der Waals surface area contributed by atoms with Gasteiger partial charge in [-0.05, 0) is 23.8 Å². The van der Waals surface area contributed by atoms with Gasteiger partial charge in [-0.2, -0.15) is 0 Å². The first-order valence-electron chi connectivity index (χ1n) is 6.65. The van der Waals surface area contributed by atoms with E-state index in [0.717, 1.165) is 5.56 Å². The van der Waals surface area contributed by atoms with Crippen molar-refractivity contribution in [3.63, 3.8) is 0 Å². The van der Waals surface area contributed by atoms with Gasteiger partial charge in [0.25, 0.3) is 5.91 Å². The van der Waals surface area contributed by atoms with Crippen LogP contribution in [0.1, 0.15) is 16.1 Å². The molecule has 0 spiro atoms. The number of hydrogen-bond donors (Lipinski definition) is 2. The normalized spacial score (nSPS) is 10.3. The van der Waals surface area contributed by atoms with Crippen LogP contribution in [0.2, 0.25) is 10.2 Å². The molecule has 0 saturated heterocycles. The summed E-state index contributed by atoms with van der Waals surface area (Å²) in [7, 11) is 2.96. The minimum Gasteiger partial charge on any atom is -0.453 e. The molecule has 0 saturated carbocycles. The van der Waals surface area contributed by atoms with E-state index in [0.29, 0.717) is 28.1 Å². The third-order valence-corrected chi connectivity index (χ3v) is 4.03. The van der Waals surface area contributed by atoms with Gasteiger partial charge < -0.3 is 14.6 Å². The lowest BCUT2D eigenvalue weighted by molar-refractivity contribution is 0.0942. The van der Waals surface area contributed by atoms with Crippen LogP contribution in [0, 0.1) is 0 Å². The summed E-state index contributed by atoms with van der Waals surface area (Å²) in [6.07, 6.45) is -0.538. The van der Waals surface area contributed by atoms with Gasteiger partial charge in [-0.25, -0.2) is 4.79 Å². The monoisotopic (exact) mass is 355 g/mol. The number of hydrogen-bond acceptors (Lipinski definition) is 3. The highest BCUT2D eigenvalue weighted by Crippen LogP contribution is 2.25. The highest BCUT2D eigenvalue weighted by atomic mass is 35.5. The molecule has 0 unspecified atom stereocenters. The maximum Gasteiger partial charge on any atom is 0.411 e. The van der Waals surface area contributed by atoms with E-state index in [-0.39, 0.29) is 5.91 Å². The zero-order valence-corrected chi connectivity index (χ0v) is 14.0. The Morgan fingerprint density at radius 3 is 2.39 bits per heavy atom. The number of carbonyl (C=O) groups excluding carboxylic acids is 2. The standard InChI is InChI=1S/C15H15Cl2N3O3/c1-20-12(7-11(16)13(20)17)14(21)18-8-9-3-5-10(6-4-9)19-15(22)23-2/h3-7H,8H2,1-2H3,(H,18,21)(H,19,22). The zero-order chi connectivity index (χ0) is 17.0. The molecule has 0 bridgehead atoms. The predicted octanol–water partition coefficient (Wildman–Crippen LogP) is 3.44. The van der Waals surface area contributed by atoms with Crippen LogP contribution in [0.4, 0.5) is 10.5 Å². The van der Waals surface area contributed by atoms with E-state index in [2.05, 4.69) is 15.4 Å². The van der Waals surface area contributed by atoms with Crippen LogP contribution in [0.25, 0.3) is 0 Å². The summed E-state index contributed by atoms with van der Waals surface area (Å²) in [5.74, 6) is -0.280. The molecule has 0 aliphatic carbocycles. The number of rotatable bonds is 4. The van der Waals surface area contributed by atoms with Gasteiger partial charge in [-0.1, -0.05) is 35.3 Å². The third-order valence-electron chi connectivity index (χ3n) is 3.19. The molecule has 2 N–H and O–H groups in total. The molecule has 0 aliphatic rings. The fourth-order valence-corrected chi connectivity index (χ4v) is 2.28. The average molecular weight is 356 g/mol. The van der Waals surface area contributed by atoms with Gasteiger partial charge >= 0.3 is 6.09 Å². The molecule has 23 heavy (non-hydrogen) atoms. The summed E-state index contributed by atoms with van der Waals surface area (Å²) in [6.45, 7) is 0.331. The minimum atomic E-state index is -0.538. The Kier molecular flexibility index (Phi) is 5.52. The van der Waals surface area contributed by atoms with E-state index < -0.39 is 6.09 Å². The Morgan fingerprint density at radius 1 is 1.22 bits per heavy atom. The van der Waals surface area contributed by atoms with E-state index in [1.807, 2.05) is 0 Å². The highest BCUT2D eigenvalue weighted by molar-refractivity contribution is 6.41. The van der Waals surface area contributed by atoms with Crippen LogP contribution in [0.3, 0.4) is 0 Å². The van der Waals surface area contributed by atoms with Crippen molar-refractivity contribution >= 4 is 40.9 Å². The lowest BCUT2D eigenvalue weighted by Gasteiger charge is -2.08. The molecule has 8 heteroatoms. The lowest BCUT2D eigenvalue weighted by atomic mass is 10.2. The fraction of sp³-hybridized carbons (Fsp3) is 0.200. The smallest absolute Gasteiger partial charge is 0.411 e. The van der Waals surface area contributed by atoms with Crippen LogP contribution in [-0.2, 0) is 18.3 Å². The van der Waals surface area contributed by atoms with Crippen molar-refractivity contribution in [1.82, 2.24) is 9.88 Å². The number of halogens is 2. The molecule has 2 amide bonds. The summed E-state index contributed by atoms with van der Waals surface area (Å²) in [6, 6.07) is 8.53. The number of methoxy groups -OCH3 is 1. The highest BCUT2D eigenvalue weighted by Gasteiger charge is 2.15.